The number of nitrogens with one attached hydrogen (secondary N) is 1. The number of alkyl carbamates (subject to hydrolysis) is 1. The van der Waals surface area contributed by atoms with Crippen molar-refractivity contribution in [3.05, 3.63) is 18.0 Å². The topological polar surface area (TPSA) is 64.4 Å². The van der Waals surface area contributed by atoms with Crippen LogP contribution >= 0.6 is 0 Å². The van der Waals surface area contributed by atoms with Gasteiger partial charge in [0, 0.05) is 6.07 Å². The van der Waals surface area contributed by atoms with Gasteiger partial charge in [0.2, 0.25) is 0 Å². The van der Waals surface area contributed by atoms with Crippen LogP contribution in [0.1, 0.15) is 11.8 Å². The zero-order valence-corrected chi connectivity index (χ0v) is 5.61. The number of nitrogens with zero attached hydrogens (tertiary/aromatic N) is 1. The molecule has 2 heterocycles. The van der Waals surface area contributed by atoms with Crippen LogP contribution in [0.15, 0.2) is 16.9 Å². The highest BCUT2D eigenvalue weighted by Gasteiger charge is 2.25. The average molecular weight is 154 g/mol. The van der Waals surface area contributed by atoms with E-state index in [0.717, 1.165) is 0 Å². The first-order valence-electron chi connectivity index (χ1n) is 3.21. The number of carbonyl (C=O) groups excluding carboxylic acids is 1. The van der Waals surface area contributed by atoms with Gasteiger partial charge in [-0.3, -0.25) is 0 Å². The second-order valence-corrected chi connectivity index (χ2v) is 2.20. The van der Waals surface area contributed by atoms with Gasteiger partial charge in [0.25, 0.3) is 0 Å². The van der Waals surface area contributed by atoms with E-state index in [1.54, 1.807) is 6.07 Å². The van der Waals surface area contributed by atoms with Crippen LogP contribution in [-0.4, -0.2) is 17.8 Å². The summed E-state index contributed by atoms with van der Waals surface area (Å²) in [5.74, 6) is 0. The summed E-state index contributed by atoms with van der Waals surface area (Å²) in [4.78, 5) is 10.6. The lowest BCUT2D eigenvalue weighted by molar-refractivity contribution is 0.137. The van der Waals surface area contributed by atoms with Gasteiger partial charge >= 0.3 is 6.09 Å². The molecular weight excluding hydrogens is 148 g/mol. The lowest BCUT2D eigenvalue weighted by atomic mass is 10.3. The first kappa shape index (κ1) is 6.21. The van der Waals surface area contributed by atoms with Crippen LogP contribution in [0.4, 0.5) is 4.79 Å². The van der Waals surface area contributed by atoms with Gasteiger partial charge in [0.1, 0.15) is 12.0 Å². The second kappa shape index (κ2) is 2.26. The molecule has 1 aromatic heterocycles. The monoisotopic (exact) mass is 154 g/mol. The largest absolute Gasteiger partial charge is 0.438 e. The van der Waals surface area contributed by atoms with Gasteiger partial charge in [-0.1, -0.05) is 5.16 Å². The second-order valence-electron chi connectivity index (χ2n) is 2.20. The van der Waals surface area contributed by atoms with E-state index in [4.69, 9.17) is 4.74 Å². The molecule has 5 heteroatoms. The average Bonchev–Trinajstić information content (AvgIpc) is 2.55. The van der Waals surface area contributed by atoms with Gasteiger partial charge in [-0.25, -0.2) is 4.79 Å². The zero-order valence-electron chi connectivity index (χ0n) is 5.61. The highest BCUT2D eigenvalue weighted by Crippen LogP contribution is 2.17. The van der Waals surface area contributed by atoms with E-state index in [9.17, 15) is 4.79 Å². The summed E-state index contributed by atoms with van der Waals surface area (Å²) >= 11 is 0. The van der Waals surface area contributed by atoms with E-state index in [1.165, 1.54) is 6.26 Å². The zero-order chi connectivity index (χ0) is 7.68. The third kappa shape index (κ3) is 1.04. The van der Waals surface area contributed by atoms with Crippen molar-refractivity contribution in [2.75, 3.05) is 6.54 Å². The number of amides is 1. The summed E-state index contributed by atoms with van der Waals surface area (Å²) in [6, 6.07) is 1.67. The van der Waals surface area contributed by atoms with E-state index in [2.05, 4.69) is 15.0 Å². The Bertz CT molecular complexity index is 257. The summed E-state index contributed by atoms with van der Waals surface area (Å²) in [5, 5.41) is 6.16. The Labute approximate surface area is 62.3 Å². The predicted octanol–water partition coefficient (Wildman–Crippen LogP) is 0.455. The molecule has 58 valence electrons. The molecule has 11 heavy (non-hydrogen) atoms. The van der Waals surface area contributed by atoms with Crippen LogP contribution in [0, 0.1) is 0 Å². The Morgan fingerprint density at radius 3 is 3.18 bits per heavy atom. The number of hydrogen-bond donors (Lipinski definition) is 1. The van der Waals surface area contributed by atoms with Gasteiger partial charge < -0.3 is 14.6 Å². The van der Waals surface area contributed by atoms with E-state index in [-0.39, 0.29) is 6.10 Å². The molecule has 0 aliphatic carbocycles. The minimum absolute atomic E-state index is 0.291. The van der Waals surface area contributed by atoms with Crippen molar-refractivity contribution in [1.82, 2.24) is 10.5 Å². The number of aromatic nitrogens is 1. The van der Waals surface area contributed by atoms with Crippen molar-refractivity contribution in [3.8, 4) is 0 Å². The molecule has 1 aliphatic rings. The summed E-state index contributed by atoms with van der Waals surface area (Å²) in [7, 11) is 0. The molecule has 0 radical (unpaired) electrons. The van der Waals surface area contributed by atoms with Crippen LogP contribution in [0.5, 0.6) is 0 Å². The van der Waals surface area contributed by atoms with Gasteiger partial charge in [0.05, 0.1) is 6.54 Å². The standard InChI is InChI=1S/C6H6N2O3/c9-6-7-3-5(11-6)4-1-2-10-8-4/h1-2,5H,3H2,(H,7,9). The number of hydrogen-bond acceptors (Lipinski definition) is 4. The van der Waals surface area contributed by atoms with Crippen LogP contribution in [0.2, 0.25) is 0 Å². The van der Waals surface area contributed by atoms with Crippen LogP contribution in [0.3, 0.4) is 0 Å². The lowest BCUT2D eigenvalue weighted by Gasteiger charge is -1.99. The van der Waals surface area contributed by atoms with Crippen molar-refractivity contribution in [3.63, 3.8) is 0 Å². The Hall–Kier alpha value is -1.52. The smallest absolute Gasteiger partial charge is 0.408 e. The molecule has 1 N–H and O–H groups in total. The van der Waals surface area contributed by atoms with E-state index < -0.39 is 6.09 Å². The van der Waals surface area contributed by atoms with Gasteiger partial charge in [-0.05, 0) is 0 Å². The number of cyclic esters (lactones) is 1. The minimum atomic E-state index is -0.405. The van der Waals surface area contributed by atoms with Crippen molar-refractivity contribution in [2.24, 2.45) is 0 Å². The fourth-order valence-electron chi connectivity index (χ4n) is 0.941. The molecule has 1 fully saturated rings. The minimum Gasteiger partial charge on any atom is -0.438 e. The Kier molecular flexibility index (Phi) is 1.28. The molecule has 1 unspecified atom stereocenters. The van der Waals surface area contributed by atoms with Gasteiger partial charge in [-0.2, -0.15) is 0 Å². The van der Waals surface area contributed by atoms with Crippen LogP contribution in [-0.2, 0) is 4.74 Å². The van der Waals surface area contributed by atoms with E-state index in [1.807, 2.05) is 0 Å². The summed E-state index contributed by atoms with van der Waals surface area (Å²) in [5.41, 5.74) is 0.642. The number of rotatable bonds is 1. The molecule has 1 aliphatic heterocycles. The first-order chi connectivity index (χ1) is 5.36. The van der Waals surface area contributed by atoms with Crippen molar-refractivity contribution in [2.45, 2.75) is 6.10 Å². The molecule has 0 aromatic carbocycles. The molecule has 0 bridgehead atoms. The number of ether oxygens (including phenoxy) is 1. The van der Waals surface area contributed by atoms with E-state index in [0.29, 0.717) is 12.2 Å². The van der Waals surface area contributed by atoms with Crippen LogP contribution in [0.25, 0.3) is 0 Å². The molecule has 0 spiro atoms. The molecule has 2 rings (SSSR count). The first-order valence-corrected chi connectivity index (χ1v) is 3.21. The van der Waals surface area contributed by atoms with Crippen molar-refractivity contribution < 1.29 is 14.1 Å². The summed E-state index contributed by atoms with van der Waals surface area (Å²) in [6.45, 7) is 0.464. The molecule has 5 nitrogen and oxygen atoms in total. The lowest BCUT2D eigenvalue weighted by Crippen LogP contribution is -2.12. The highest BCUT2D eigenvalue weighted by atomic mass is 16.6. The SMILES string of the molecule is O=C1NCC(c2ccon2)O1. The summed E-state index contributed by atoms with van der Waals surface area (Å²) < 4.78 is 9.43. The predicted molar refractivity (Wildman–Crippen MR) is 33.7 cm³/mol. The maximum absolute atomic E-state index is 10.6. The Balaban J connectivity index is 2.13. The Morgan fingerprint density at radius 2 is 2.64 bits per heavy atom. The highest BCUT2D eigenvalue weighted by molar-refractivity contribution is 5.69. The molecular formula is C6H6N2O3. The van der Waals surface area contributed by atoms with Crippen molar-refractivity contribution >= 4 is 6.09 Å². The van der Waals surface area contributed by atoms with Gasteiger partial charge in [0.15, 0.2) is 6.10 Å². The quantitative estimate of drug-likeness (QED) is 0.638. The van der Waals surface area contributed by atoms with Crippen molar-refractivity contribution in [1.29, 1.82) is 0 Å². The molecule has 1 saturated heterocycles. The third-order valence-corrected chi connectivity index (χ3v) is 1.47. The third-order valence-electron chi connectivity index (χ3n) is 1.47. The fraction of sp³-hybridized carbons (Fsp3) is 0.333. The van der Waals surface area contributed by atoms with Gasteiger partial charge in [-0.15, -0.1) is 0 Å². The fourth-order valence-corrected chi connectivity index (χ4v) is 0.941. The molecule has 1 amide bonds. The maximum atomic E-state index is 10.6. The normalized spacial score (nSPS) is 22.9. The molecule has 0 saturated carbocycles. The molecule has 1 aromatic rings. The molecule has 1 atom stereocenters. The summed E-state index contributed by atoms with van der Waals surface area (Å²) in [6.07, 6.45) is 0.751. The Morgan fingerprint density at radius 1 is 1.73 bits per heavy atom. The van der Waals surface area contributed by atoms with Crippen LogP contribution < -0.4 is 5.32 Å². The maximum Gasteiger partial charge on any atom is 0.408 e. The van der Waals surface area contributed by atoms with E-state index >= 15 is 0 Å². The number of carbonyl (C=O) groups is 1.